The molecule has 1 heterocycles. The van der Waals surface area contributed by atoms with Crippen LogP contribution in [0.5, 0.6) is 0 Å². The Morgan fingerprint density at radius 2 is 2.18 bits per heavy atom. The maximum absolute atomic E-state index is 11.7. The molecule has 0 aromatic rings. The molecule has 0 bridgehead atoms. The number of Topliss-reactive ketones (excluding diaryl/α,β-unsaturated/α-hetero) is 1. The highest BCUT2D eigenvalue weighted by Crippen LogP contribution is 2.33. The smallest absolute Gasteiger partial charge is 0.184 e. The van der Waals surface area contributed by atoms with Gasteiger partial charge in [-0.05, 0) is 38.7 Å². The highest BCUT2D eigenvalue weighted by atomic mass is 16.7. The van der Waals surface area contributed by atoms with Crippen LogP contribution in [0.2, 0.25) is 0 Å². The molecule has 2 rings (SSSR count). The lowest BCUT2D eigenvalue weighted by molar-refractivity contribution is -0.165. The monoisotopic (exact) mass is 236 g/mol. The Morgan fingerprint density at radius 1 is 1.41 bits per heavy atom. The Morgan fingerprint density at radius 3 is 2.71 bits per heavy atom. The van der Waals surface area contributed by atoms with Crippen LogP contribution in [0.25, 0.3) is 0 Å². The zero-order valence-electron chi connectivity index (χ0n) is 10.6. The Labute approximate surface area is 102 Å². The Kier molecular flexibility index (Phi) is 3.79. The Hall–Kier alpha value is -0.930. The molecule has 1 aliphatic carbocycles. The van der Waals surface area contributed by atoms with Crippen molar-refractivity contribution in [3.63, 3.8) is 0 Å². The summed E-state index contributed by atoms with van der Waals surface area (Å²) >= 11 is 0. The third kappa shape index (κ3) is 2.50. The van der Waals surface area contributed by atoms with Crippen molar-refractivity contribution in [2.75, 3.05) is 13.2 Å². The molecule has 0 spiro atoms. The Bertz CT molecular complexity index is 362. The highest BCUT2D eigenvalue weighted by Gasteiger charge is 2.31. The van der Waals surface area contributed by atoms with Crippen LogP contribution in [0, 0.1) is 5.92 Å². The topological polar surface area (TPSA) is 35.5 Å². The summed E-state index contributed by atoms with van der Waals surface area (Å²) in [5.74, 6) is 0.133. The standard InChI is InChI=1S/C14H20O3/c1-9-10(2)14(15)11(3)12(9)8-17-13-6-4-5-7-16-13/h12-13H,3-8H2,1-2H3. The summed E-state index contributed by atoms with van der Waals surface area (Å²) in [6.45, 7) is 9.01. The van der Waals surface area contributed by atoms with Crippen molar-refractivity contribution in [1.82, 2.24) is 0 Å². The zero-order valence-corrected chi connectivity index (χ0v) is 10.6. The fourth-order valence-corrected chi connectivity index (χ4v) is 2.37. The van der Waals surface area contributed by atoms with Gasteiger partial charge in [-0.2, -0.15) is 0 Å². The van der Waals surface area contributed by atoms with E-state index in [1.54, 1.807) is 0 Å². The van der Waals surface area contributed by atoms with E-state index in [1.165, 1.54) is 0 Å². The van der Waals surface area contributed by atoms with Gasteiger partial charge >= 0.3 is 0 Å². The summed E-state index contributed by atoms with van der Waals surface area (Å²) in [6, 6.07) is 0. The predicted octanol–water partition coefficient (Wildman–Crippen LogP) is 2.62. The first-order valence-electron chi connectivity index (χ1n) is 6.25. The first-order chi connectivity index (χ1) is 8.11. The zero-order chi connectivity index (χ0) is 12.4. The van der Waals surface area contributed by atoms with E-state index >= 15 is 0 Å². The van der Waals surface area contributed by atoms with Gasteiger partial charge in [-0.15, -0.1) is 0 Å². The second kappa shape index (κ2) is 5.15. The summed E-state index contributed by atoms with van der Waals surface area (Å²) in [5.41, 5.74) is 2.58. The predicted molar refractivity (Wildman–Crippen MR) is 65.6 cm³/mol. The van der Waals surface area contributed by atoms with Crippen LogP contribution in [0.3, 0.4) is 0 Å². The summed E-state index contributed by atoms with van der Waals surface area (Å²) in [4.78, 5) is 11.7. The van der Waals surface area contributed by atoms with E-state index in [0.717, 1.165) is 37.0 Å². The van der Waals surface area contributed by atoms with Crippen molar-refractivity contribution in [2.24, 2.45) is 5.92 Å². The van der Waals surface area contributed by atoms with Crippen LogP contribution in [-0.4, -0.2) is 25.3 Å². The van der Waals surface area contributed by atoms with Crippen LogP contribution in [-0.2, 0) is 14.3 Å². The molecule has 1 aliphatic heterocycles. The fraction of sp³-hybridized carbons (Fsp3) is 0.643. The molecule has 3 heteroatoms. The molecule has 2 unspecified atom stereocenters. The van der Waals surface area contributed by atoms with E-state index in [1.807, 2.05) is 13.8 Å². The number of rotatable bonds is 3. The van der Waals surface area contributed by atoms with Crippen LogP contribution in [0.1, 0.15) is 33.1 Å². The number of ketones is 1. The van der Waals surface area contributed by atoms with Gasteiger partial charge in [0, 0.05) is 18.1 Å². The molecular weight excluding hydrogens is 216 g/mol. The maximum atomic E-state index is 11.7. The molecular formula is C14H20O3. The van der Waals surface area contributed by atoms with Gasteiger partial charge in [0.25, 0.3) is 0 Å². The number of allylic oxidation sites excluding steroid dienone is 1. The van der Waals surface area contributed by atoms with E-state index in [4.69, 9.17) is 9.47 Å². The third-order valence-electron chi connectivity index (χ3n) is 3.75. The lowest BCUT2D eigenvalue weighted by atomic mass is 10.00. The van der Waals surface area contributed by atoms with Gasteiger partial charge < -0.3 is 9.47 Å². The van der Waals surface area contributed by atoms with E-state index in [-0.39, 0.29) is 18.0 Å². The second-order valence-electron chi connectivity index (χ2n) is 4.84. The number of carbonyl (C=O) groups excluding carboxylic acids is 1. The van der Waals surface area contributed by atoms with Crippen molar-refractivity contribution in [3.8, 4) is 0 Å². The van der Waals surface area contributed by atoms with Crippen LogP contribution in [0.4, 0.5) is 0 Å². The molecule has 1 saturated heterocycles. The SMILES string of the molecule is C=C1C(=O)C(C)=C(C)C1COC1CCCCO1. The van der Waals surface area contributed by atoms with Gasteiger partial charge in [0.05, 0.1) is 6.61 Å². The van der Waals surface area contributed by atoms with Crippen molar-refractivity contribution in [3.05, 3.63) is 23.3 Å². The number of hydrogen-bond acceptors (Lipinski definition) is 3. The molecule has 0 N–H and O–H groups in total. The van der Waals surface area contributed by atoms with E-state index in [9.17, 15) is 4.79 Å². The van der Waals surface area contributed by atoms with E-state index in [0.29, 0.717) is 12.2 Å². The average Bonchev–Trinajstić information content (AvgIpc) is 2.54. The Balaban J connectivity index is 1.91. The lowest BCUT2D eigenvalue weighted by Crippen LogP contribution is -2.25. The summed E-state index contributed by atoms with van der Waals surface area (Å²) < 4.78 is 11.2. The molecule has 0 saturated carbocycles. The quantitative estimate of drug-likeness (QED) is 0.707. The fourth-order valence-electron chi connectivity index (χ4n) is 2.37. The van der Waals surface area contributed by atoms with E-state index in [2.05, 4.69) is 6.58 Å². The molecule has 17 heavy (non-hydrogen) atoms. The maximum Gasteiger partial charge on any atom is 0.184 e. The summed E-state index contributed by atoms with van der Waals surface area (Å²) in [5, 5.41) is 0. The molecule has 0 amide bonds. The van der Waals surface area contributed by atoms with Crippen molar-refractivity contribution in [2.45, 2.75) is 39.4 Å². The second-order valence-corrected chi connectivity index (χ2v) is 4.84. The first-order valence-corrected chi connectivity index (χ1v) is 6.25. The van der Waals surface area contributed by atoms with Gasteiger partial charge in [0.1, 0.15) is 0 Å². The molecule has 2 atom stereocenters. The van der Waals surface area contributed by atoms with Gasteiger partial charge in [-0.3, -0.25) is 4.79 Å². The first kappa shape index (κ1) is 12.5. The van der Waals surface area contributed by atoms with Crippen molar-refractivity contribution < 1.29 is 14.3 Å². The average molecular weight is 236 g/mol. The van der Waals surface area contributed by atoms with Gasteiger partial charge in [0.15, 0.2) is 12.1 Å². The van der Waals surface area contributed by atoms with E-state index < -0.39 is 0 Å². The highest BCUT2D eigenvalue weighted by molar-refractivity contribution is 6.11. The molecule has 0 radical (unpaired) electrons. The minimum absolute atomic E-state index is 0.0491. The van der Waals surface area contributed by atoms with Crippen molar-refractivity contribution in [1.29, 1.82) is 0 Å². The van der Waals surface area contributed by atoms with Gasteiger partial charge in [-0.1, -0.05) is 12.2 Å². The van der Waals surface area contributed by atoms with Crippen LogP contribution in [0.15, 0.2) is 23.3 Å². The molecule has 3 nitrogen and oxygen atoms in total. The molecule has 0 aromatic carbocycles. The largest absolute Gasteiger partial charge is 0.353 e. The molecule has 0 aromatic heterocycles. The molecule has 94 valence electrons. The van der Waals surface area contributed by atoms with Crippen LogP contribution < -0.4 is 0 Å². The lowest BCUT2D eigenvalue weighted by Gasteiger charge is -2.24. The number of hydrogen-bond donors (Lipinski definition) is 0. The number of ether oxygens (including phenoxy) is 2. The van der Waals surface area contributed by atoms with Crippen LogP contribution >= 0.6 is 0 Å². The number of carbonyl (C=O) groups is 1. The molecule has 2 aliphatic rings. The summed E-state index contributed by atoms with van der Waals surface area (Å²) in [7, 11) is 0. The minimum atomic E-state index is -0.0969. The normalized spacial score (nSPS) is 30.2. The third-order valence-corrected chi connectivity index (χ3v) is 3.75. The van der Waals surface area contributed by atoms with Gasteiger partial charge in [-0.25, -0.2) is 0 Å². The molecule has 1 fully saturated rings. The summed E-state index contributed by atoms with van der Waals surface area (Å²) in [6.07, 6.45) is 3.13. The minimum Gasteiger partial charge on any atom is -0.353 e. The van der Waals surface area contributed by atoms with Crippen molar-refractivity contribution >= 4 is 5.78 Å². The van der Waals surface area contributed by atoms with Gasteiger partial charge in [0.2, 0.25) is 0 Å².